The summed E-state index contributed by atoms with van der Waals surface area (Å²) in [5, 5.41) is 19.4. The summed E-state index contributed by atoms with van der Waals surface area (Å²) in [5.74, 6) is 0.727. The smallest absolute Gasteiger partial charge is 0.123 e. The van der Waals surface area contributed by atoms with Crippen LogP contribution in [0.3, 0.4) is 0 Å². The lowest BCUT2D eigenvalue weighted by atomic mass is 10.2. The van der Waals surface area contributed by atoms with Gasteiger partial charge in [0.25, 0.3) is 0 Å². The zero-order chi connectivity index (χ0) is 13.7. The van der Waals surface area contributed by atoms with Crippen molar-refractivity contribution in [1.82, 2.24) is 4.90 Å². The highest BCUT2D eigenvalue weighted by Gasteiger charge is 2.22. The van der Waals surface area contributed by atoms with Crippen molar-refractivity contribution in [2.45, 2.75) is 25.2 Å². The van der Waals surface area contributed by atoms with E-state index in [9.17, 15) is 10.2 Å². The Morgan fingerprint density at radius 3 is 2.89 bits per heavy atom. The summed E-state index contributed by atoms with van der Waals surface area (Å²) in [4.78, 5) is 2.05. The Bertz CT molecular complexity index is 400. The van der Waals surface area contributed by atoms with Gasteiger partial charge in [0, 0.05) is 31.7 Å². The Morgan fingerprint density at radius 1 is 1.42 bits per heavy atom. The van der Waals surface area contributed by atoms with Crippen LogP contribution in [0.4, 0.5) is 0 Å². The maximum atomic E-state index is 9.94. The molecule has 1 heterocycles. The van der Waals surface area contributed by atoms with Crippen molar-refractivity contribution in [3.63, 3.8) is 0 Å². The van der Waals surface area contributed by atoms with Gasteiger partial charge in [-0.3, -0.25) is 4.90 Å². The Kier molecular flexibility index (Phi) is 5.15. The molecule has 0 radical (unpaired) electrons. The van der Waals surface area contributed by atoms with E-state index in [1.807, 2.05) is 29.2 Å². The molecule has 1 aliphatic rings. The maximum Gasteiger partial charge on any atom is 0.123 e. The third kappa shape index (κ3) is 4.18. The first-order valence-corrected chi connectivity index (χ1v) is 6.68. The molecular weight excluding hydrogens is 244 g/mol. The molecule has 5 heteroatoms. The van der Waals surface area contributed by atoms with Gasteiger partial charge in [-0.15, -0.1) is 0 Å². The first-order chi connectivity index (χ1) is 9.19. The number of aliphatic hydroxyl groups is 2. The fourth-order valence-electron chi connectivity index (χ4n) is 2.33. The summed E-state index contributed by atoms with van der Waals surface area (Å²) in [6.45, 7) is 2.66. The summed E-state index contributed by atoms with van der Waals surface area (Å²) in [6.07, 6.45) is -0.0361. The summed E-state index contributed by atoms with van der Waals surface area (Å²) in [5.41, 5.74) is 6.56. The summed E-state index contributed by atoms with van der Waals surface area (Å²) in [6, 6.07) is 7.57. The zero-order valence-corrected chi connectivity index (χ0v) is 11.0. The number of nitrogens with two attached hydrogens (primary N) is 1. The molecule has 0 amide bonds. The van der Waals surface area contributed by atoms with Crippen LogP contribution in [0.25, 0.3) is 0 Å². The molecule has 4 N–H and O–H groups in total. The van der Waals surface area contributed by atoms with Gasteiger partial charge in [0.1, 0.15) is 18.5 Å². The summed E-state index contributed by atoms with van der Waals surface area (Å²) >= 11 is 0. The van der Waals surface area contributed by atoms with Gasteiger partial charge in [-0.2, -0.15) is 0 Å². The molecule has 106 valence electrons. The van der Waals surface area contributed by atoms with Crippen molar-refractivity contribution < 1.29 is 14.9 Å². The minimum atomic E-state index is -0.559. The number of benzene rings is 1. The second-order valence-electron chi connectivity index (χ2n) is 4.98. The van der Waals surface area contributed by atoms with Crippen molar-refractivity contribution in [2.24, 2.45) is 5.73 Å². The molecule has 5 nitrogen and oxygen atoms in total. The van der Waals surface area contributed by atoms with Crippen molar-refractivity contribution >= 4 is 0 Å². The molecule has 1 aromatic rings. The molecule has 2 rings (SSSR count). The average Bonchev–Trinajstić information content (AvgIpc) is 2.82. The largest absolute Gasteiger partial charge is 0.491 e. The van der Waals surface area contributed by atoms with E-state index >= 15 is 0 Å². The quantitative estimate of drug-likeness (QED) is 0.673. The topological polar surface area (TPSA) is 79.0 Å². The number of ether oxygens (including phenoxy) is 1. The number of rotatable bonds is 6. The van der Waals surface area contributed by atoms with Crippen LogP contribution < -0.4 is 10.5 Å². The average molecular weight is 266 g/mol. The van der Waals surface area contributed by atoms with Gasteiger partial charge in [0.15, 0.2) is 0 Å². The van der Waals surface area contributed by atoms with E-state index in [1.165, 1.54) is 0 Å². The van der Waals surface area contributed by atoms with E-state index in [0.29, 0.717) is 19.6 Å². The number of β-amino-alcohol motifs (C(OH)–C–C–N with tert-alkyl or cyclic N) is 2. The van der Waals surface area contributed by atoms with Gasteiger partial charge in [-0.1, -0.05) is 18.2 Å². The van der Waals surface area contributed by atoms with Crippen LogP contribution in [0, 0.1) is 0 Å². The lowest BCUT2D eigenvalue weighted by Crippen LogP contribution is -2.34. The van der Waals surface area contributed by atoms with Crippen molar-refractivity contribution in [2.75, 3.05) is 26.2 Å². The second kappa shape index (κ2) is 6.86. The van der Waals surface area contributed by atoms with E-state index in [2.05, 4.69) is 0 Å². The van der Waals surface area contributed by atoms with Crippen LogP contribution in [-0.4, -0.2) is 53.6 Å². The Labute approximate surface area is 113 Å². The Balaban J connectivity index is 1.78. The van der Waals surface area contributed by atoms with Gasteiger partial charge in [-0.05, 0) is 12.5 Å². The summed E-state index contributed by atoms with van der Waals surface area (Å²) in [7, 11) is 0. The summed E-state index contributed by atoms with van der Waals surface area (Å²) < 4.78 is 5.61. The molecular formula is C14H22N2O3. The number of para-hydroxylation sites is 1. The zero-order valence-electron chi connectivity index (χ0n) is 11.0. The lowest BCUT2D eigenvalue weighted by Gasteiger charge is -2.20. The van der Waals surface area contributed by atoms with Crippen LogP contribution in [0.2, 0.25) is 0 Å². The molecule has 1 saturated heterocycles. The van der Waals surface area contributed by atoms with Crippen molar-refractivity contribution in [3.05, 3.63) is 29.8 Å². The number of hydrogen-bond donors (Lipinski definition) is 3. The van der Waals surface area contributed by atoms with Crippen LogP contribution in [0.15, 0.2) is 24.3 Å². The Hall–Kier alpha value is -1.14. The third-order valence-corrected chi connectivity index (χ3v) is 3.34. The minimum absolute atomic E-state index is 0.240. The Morgan fingerprint density at radius 2 is 2.21 bits per heavy atom. The fraction of sp³-hybridized carbons (Fsp3) is 0.571. The van der Waals surface area contributed by atoms with Gasteiger partial charge in [0.2, 0.25) is 0 Å². The molecule has 1 fully saturated rings. The van der Waals surface area contributed by atoms with Crippen LogP contribution in [0.5, 0.6) is 5.75 Å². The van der Waals surface area contributed by atoms with Crippen molar-refractivity contribution in [1.29, 1.82) is 0 Å². The van der Waals surface area contributed by atoms with Gasteiger partial charge >= 0.3 is 0 Å². The lowest BCUT2D eigenvalue weighted by molar-refractivity contribution is 0.0704. The normalized spacial score (nSPS) is 21.5. The predicted octanol–water partition coefficient (Wildman–Crippen LogP) is -0.0484. The van der Waals surface area contributed by atoms with E-state index in [1.54, 1.807) is 0 Å². The molecule has 0 aliphatic carbocycles. The standard InChI is InChI=1S/C14H22N2O3/c15-7-11-3-1-2-4-14(11)19-10-13(18)9-16-6-5-12(17)8-16/h1-4,12-13,17-18H,5-10,15H2. The minimum Gasteiger partial charge on any atom is -0.491 e. The van der Waals surface area contributed by atoms with E-state index in [4.69, 9.17) is 10.5 Å². The number of aliphatic hydroxyl groups excluding tert-OH is 2. The van der Waals surface area contributed by atoms with Gasteiger partial charge in [0.05, 0.1) is 6.10 Å². The van der Waals surface area contributed by atoms with E-state index in [0.717, 1.165) is 24.3 Å². The highest BCUT2D eigenvalue weighted by molar-refractivity contribution is 5.32. The van der Waals surface area contributed by atoms with E-state index in [-0.39, 0.29) is 12.7 Å². The van der Waals surface area contributed by atoms with Gasteiger partial charge in [-0.25, -0.2) is 0 Å². The predicted molar refractivity (Wildman–Crippen MR) is 72.9 cm³/mol. The van der Waals surface area contributed by atoms with Crippen LogP contribution >= 0.6 is 0 Å². The number of likely N-dealkylation sites (tertiary alicyclic amines) is 1. The van der Waals surface area contributed by atoms with Crippen LogP contribution in [0.1, 0.15) is 12.0 Å². The maximum absolute atomic E-state index is 9.94. The molecule has 0 spiro atoms. The molecule has 1 aromatic carbocycles. The second-order valence-corrected chi connectivity index (χ2v) is 4.98. The molecule has 0 bridgehead atoms. The van der Waals surface area contributed by atoms with Gasteiger partial charge < -0.3 is 20.7 Å². The van der Waals surface area contributed by atoms with Crippen molar-refractivity contribution in [3.8, 4) is 5.75 Å². The number of nitrogens with zero attached hydrogens (tertiary/aromatic N) is 1. The first-order valence-electron chi connectivity index (χ1n) is 6.68. The van der Waals surface area contributed by atoms with E-state index < -0.39 is 6.10 Å². The molecule has 19 heavy (non-hydrogen) atoms. The molecule has 2 unspecified atom stereocenters. The molecule has 1 aliphatic heterocycles. The first kappa shape index (κ1) is 14.3. The molecule has 0 saturated carbocycles. The highest BCUT2D eigenvalue weighted by Crippen LogP contribution is 2.17. The highest BCUT2D eigenvalue weighted by atomic mass is 16.5. The monoisotopic (exact) mass is 266 g/mol. The number of hydrogen-bond acceptors (Lipinski definition) is 5. The van der Waals surface area contributed by atoms with Crippen LogP contribution in [-0.2, 0) is 6.54 Å². The molecule has 2 atom stereocenters. The fourth-order valence-corrected chi connectivity index (χ4v) is 2.33. The third-order valence-electron chi connectivity index (χ3n) is 3.34. The molecule has 0 aromatic heterocycles. The SMILES string of the molecule is NCc1ccccc1OCC(O)CN1CCC(O)C1.